The van der Waals surface area contributed by atoms with Crippen LogP contribution in [0.1, 0.15) is 83.8 Å². The number of aliphatic imine (C=N–C) groups is 1. The van der Waals surface area contributed by atoms with E-state index in [1.807, 2.05) is 6.07 Å². The molecule has 0 radical (unpaired) electrons. The van der Waals surface area contributed by atoms with E-state index in [1.165, 1.54) is 30.5 Å². The van der Waals surface area contributed by atoms with E-state index in [0.717, 1.165) is 12.1 Å². The van der Waals surface area contributed by atoms with E-state index in [9.17, 15) is 18.2 Å². The predicted molar refractivity (Wildman–Crippen MR) is 156 cm³/mol. The van der Waals surface area contributed by atoms with Gasteiger partial charge in [0.15, 0.2) is 0 Å². The summed E-state index contributed by atoms with van der Waals surface area (Å²) in [5.74, 6) is -1.77. The molecule has 3 rings (SSSR count). The number of halogens is 2. The number of aromatic nitrogens is 1. The fraction of sp³-hybridized carbons (Fsp3) is 0.433. The van der Waals surface area contributed by atoms with Crippen molar-refractivity contribution in [3.05, 3.63) is 64.7 Å². The van der Waals surface area contributed by atoms with Crippen molar-refractivity contribution >= 4 is 40.7 Å². The first-order chi connectivity index (χ1) is 19.3. The Morgan fingerprint density at radius 3 is 2.19 bits per heavy atom. The highest BCUT2D eigenvalue weighted by molar-refractivity contribution is 7.87. The van der Waals surface area contributed by atoms with Crippen molar-refractivity contribution in [3.8, 4) is 6.07 Å². The fourth-order valence-corrected chi connectivity index (χ4v) is 5.18. The minimum atomic E-state index is -1.75. The van der Waals surface area contributed by atoms with Gasteiger partial charge in [-0.15, -0.1) is 0 Å². The van der Waals surface area contributed by atoms with Gasteiger partial charge in [-0.1, -0.05) is 6.07 Å². The Hall–Kier alpha value is -3.98. The Morgan fingerprint density at radius 2 is 1.69 bits per heavy atom. The molecule has 2 heterocycles. The van der Waals surface area contributed by atoms with Gasteiger partial charge in [0.25, 0.3) is 0 Å². The van der Waals surface area contributed by atoms with Crippen molar-refractivity contribution < 1.29 is 32.1 Å². The van der Waals surface area contributed by atoms with Gasteiger partial charge in [-0.2, -0.15) is 10.2 Å². The van der Waals surface area contributed by atoms with Crippen LogP contribution in [0.4, 0.5) is 18.4 Å². The van der Waals surface area contributed by atoms with Crippen LogP contribution in [0.15, 0.2) is 41.5 Å². The lowest BCUT2D eigenvalue weighted by atomic mass is 10.0. The number of amidine groups is 1. The number of carbonyl (C=O) groups is 2. The van der Waals surface area contributed by atoms with Crippen molar-refractivity contribution in [3.63, 3.8) is 0 Å². The Balaban J connectivity index is 2.11. The van der Waals surface area contributed by atoms with Crippen molar-refractivity contribution in [2.24, 2.45) is 4.99 Å². The van der Waals surface area contributed by atoms with E-state index in [4.69, 9.17) is 14.7 Å². The van der Waals surface area contributed by atoms with Gasteiger partial charge in [-0.3, -0.25) is 14.2 Å². The molecule has 0 spiro atoms. The van der Waals surface area contributed by atoms with Crippen molar-refractivity contribution in [1.82, 2.24) is 9.88 Å². The van der Waals surface area contributed by atoms with Crippen LogP contribution in [-0.2, 0) is 20.3 Å². The SMILES string of the molecule is CC(C)(C)OC(=O)N(C(=O)OC(C)(C)C)C1=NC(c2cc(/C=C(\F)c3ccc(C#N)cn3)ccc2F)CS(=O)C1(C)C. The average molecular weight is 601 g/mol. The molecule has 0 bridgehead atoms. The first kappa shape index (κ1) is 32.5. The predicted octanol–water partition coefficient (Wildman–Crippen LogP) is 6.71. The van der Waals surface area contributed by atoms with Crippen LogP contribution < -0.4 is 0 Å². The van der Waals surface area contributed by atoms with Crippen molar-refractivity contribution in [2.45, 2.75) is 77.4 Å². The van der Waals surface area contributed by atoms with Crippen LogP contribution in [0.3, 0.4) is 0 Å². The molecule has 1 aliphatic heterocycles. The summed E-state index contributed by atoms with van der Waals surface area (Å²) in [6, 6.07) is 7.41. The Morgan fingerprint density at radius 1 is 1.10 bits per heavy atom. The second kappa shape index (κ2) is 12.1. The van der Waals surface area contributed by atoms with Crippen LogP contribution in [0.5, 0.6) is 0 Å². The minimum Gasteiger partial charge on any atom is -0.443 e. The molecule has 1 aromatic heterocycles. The molecular formula is C30H34F2N4O5S. The van der Waals surface area contributed by atoms with E-state index in [0.29, 0.717) is 4.90 Å². The largest absolute Gasteiger partial charge is 0.443 e. The zero-order valence-corrected chi connectivity index (χ0v) is 25.6. The quantitative estimate of drug-likeness (QED) is 0.384. The summed E-state index contributed by atoms with van der Waals surface area (Å²) in [4.78, 5) is 35.7. The standard InChI is InChI=1S/C30H34F2N4O5S/c1-28(2,3)40-26(37)36(27(38)41-29(4,5)6)25-30(7,8)42(39)17-24(35-25)20-13-18(9-11-21(20)31)14-22(32)23-12-10-19(15-33)16-34-23/h9-14,16,24H,17H2,1-8H3/b22-14-. The van der Waals surface area contributed by atoms with E-state index < -0.39 is 56.6 Å². The van der Waals surface area contributed by atoms with Gasteiger partial charge in [0.05, 0.1) is 27.8 Å². The Labute approximate surface area is 246 Å². The number of amides is 2. The molecule has 0 saturated carbocycles. The molecule has 2 aromatic rings. The number of ether oxygens (including phenoxy) is 2. The van der Waals surface area contributed by atoms with E-state index in [-0.39, 0.29) is 34.0 Å². The lowest BCUT2D eigenvalue weighted by molar-refractivity contribution is 0.0140. The summed E-state index contributed by atoms with van der Waals surface area (Å²) in [6.45, 7) is 12.8. The summed E-state index contributed by atoms with van der Waals surface area (Å²) in [7, 11) is -1.75. The number of nitriles is 1. The van der Waals surface area contributed by atoms with Crippen LogP contribution in [0, 0.1) is 17.1 Å². The maximum absolute atomic E-state index is 15.2. The molecule has 1 aromatic carbocycles. The summed E-state index contributed by atoms with van der Waals surface area (Å²) in [5.41, 5.74) is -1.49. The number of hydrogen-bond donors (Lipinski definition) is 0. The van der Waals surface area contributed by atoms with Crippen LogP contribution in [0.25, 0.3) is 11.9 Å². The van der Waals surface area contributed by atoms with Gasteiger partial charge in [0.1, 0.15) is 34.8 Å². The highest BCUT2D eigenvalue weighted by Gasteiger charge is 2.47. The van der Waals surface area contributed by atoms with Crippen LogP contribution in [-0.4, -0.2) is 53.8 Å². The lowest BCUT2D eigenvalue weighted by Crippen LogP contribution is -2.57. The zero-order valence-electron chi connectivity index (χ0n) is 24.8. The topological polar surface area (TPSA) is 122 Å². The molecule has 12 heteroatoms. The maximum Gasteiger partial charge on any atom is 0.425 e. The molecule has 2 unspecified atom stereocenters. The third kappa shape index (κ3) is 7.85. The third-order valence-electron chi connectivity index (χ3n) is 5.87. The number of rotatable bonds is 3. The molecule has 224 valence electrons. The normalized spacial score (nSPS) is 18.9. The molecule has 2 amide bonds. The average Bonchev–Trinajstić information content (AvgIpc) is 2.86. The number of carbonyl (C=O) groups excluding carboxylic acids is 2. The molecule has 0 N–H and O–H groups in total. The third-order valence-corrected chi connectivity index (χ3v) is 7.81. The van der Waals surface area contributed by atoms with Gasteiger partial charge in [0, 0.05) is 22.6 Å². The van der Waals surface area contributed by atoms with Crippen molar-refractivity contribution in [2.75, 3.05) is 5.75 Å². The lowest BCUT2D eigenvalue weighted by Gasteiger charge is -2.38. The maximum atomic E-state index is 15.2. The molecule has 0 fully saturated rings. The van der Waals surface area contributed by atoms with Gasteiger partial charge in [-0.25, -0.2) is 18.4 Å². The fourth-order valence-electron chi connectivity index (χ4n) is 3.87. The molecule has 0 aliphatic carbocycles. The van der Waals surface area contributed by atoms with Crippen LogP contribution >= 0.6 is 0 Å². The van der Waals surface area contributed by atoms with Crippen molar-refractivity contribution in [1.29, 1.82) is 5.26 Å². The number of pyridine rings is 1. The van der Waals surface area contributed by atoms with Gasteiger partial charge in [-0.05, 0) is 91.3 Å². The number of hydrogen-bond acceptors (Lipinski definition) is 8. The summed E-state index contributed by atoms with van der Waals surface area (Å²) in [5, 5.41) is 8.93. The molecule has 2 atom stereocenters. The second-order valence-electron chi connectivity index (χ2n) is 12.1. The molecule has 42 heavy (non-hydrogen) atoms. The zero-order chi connectivity index (χ0) is 31.6. The van der Waals surface area contributed by atoms with Gasteiger partial charge < -0.3 is 9.47 Å². The summed E-state index contributed by atoms with van der Waals surface area (Å²) >= 11 is 0. The van der Waals surface area contributed by atoms with E-state index >= 15 is 4.39 Å². The number of imide groups is 1. The first-order valence-corrected chi connectivity index (χ1v) is 14.4. The summed E-state index contributed by atoms with van der Waals surface area (Å²) < 4.78 is 53.2. The van der Waals surface area contributed by atoms with E-state index in [2.05, 4.69) is 9.98 Å². The Kier molecular flexibility index (Phi) is 9.37. The summed E-state index contributed by atoms with van der Waals surface area (Å²) in [6.07, 6.45) is 0.194. The number of nitrogens with zero attached hydrogens (tertiary/aromatic N) is 4. The Bertz CT molecular complexity index is 1470. The van der Waals surface area contributed by atoms with Crippen LogP contribution in [0.2, 0.25) is 0 Å². The highest BCUT2D eigenvalue weighted by Crippen LogP contribution is 2.35. The van der Waals surface area contributed by atoms with Gasteiger partial charge in [0.2, 0.25) is 0 Å². The molecule has 1 aliphatic rings. The molecule has 0 saturated heterocycles. The van der Waals surface area contributed by atoms with E-state index in [1.54, 1.807) is 55.4 Å². The minimum absolute atomic E-state index is 0.0148. The van der Waals surface area contributed by atoms with Gasteiger partial charge >= 0.3 is 12.2 Å². The number of benzene rings is 1. The second-order valence-corrected chi connectivity index (χ2v) is 14.1. The monoisotopic (exact) mass is 600 g/mol. The highest BCUT2D eigenvalue weighted by atomic mass is 32.2. The smallest absolute Gasteiger partial charge is 0.425 e. The first-order valence-electron chi connectivity index (χ1n) is 13.1. The molecule has 9 nitrogen and oxygen atoms in total. The molecular weight excluding hydrogens is 566 g/mol.